The smallest absolute Gasteiger partial charge is 0.193 e. The second-order valence-corrected chi connectivity index (χ2v) is 6.82. The zero-order valence-corrected chi connectivity index (χ0v) is 14.4. The average molecular weight is 315 g/mol. The fraction of sp³-hybridized carbons (Fsp3) is 0.632. The maximum Gasteiger partial charge on any atom is 0.193 e. The Hall–Kier alpha value is -1.55. The van der Waals surface area contributed by atoms with Crippen molar-refractivity contribution in [2.24, 2.45) is 10.9 Å². The highest BCUT2D eigenvalue weighted by atomic mass is 16.5. The molecule has 2 atom stereocenters. The lowest BCUT2D eigenvalue weighted by Crippen LogP contribution is -2.41. The summed E-state index contributed by atoms with van der Waals surface area (Å²) in [6, 6.07) is 11.3. The van der Waals surface area contributed by atoms with E-state index in [0.29, 0.717) is 12.0 Å². The van der Waals surface area contributed by atoms with E-state index >= 15 is 0 Å². The van der Waals surface area contributed by atoms with Crippen LogP contribution in [-0.4, -0.2) is 50.8 Å². The summed E-state index contributed by atoms with van der Waals surface area (Å²) in [5.41, 5.74) is 1.44. The first kappa shape index (κ1) is 16.3. The van der Waals surface area contributed by atoms with Crippen molar-refractivity contribution < 1.29 is 4.74 Å². The third kappa shape index (κ3) is 4.47. The molecule has 0 amide bonds. The quantitative estimate of drug-likeness (QED) is 0.670. The minimum atomic E-state index is 0.529. The van der Waals surface area contributed by atoms with Gasteiger partial charge in [0, 0.05) is 45.8 Å². The average Bonchev–Trinajstić information content (AvgIpc) is 3.38. The van der Waals surface area contributed by atoms with Crippen molar-refractivity contribution in [2.75, 3.05) is 33.9 Å². The molecule has 0 radical (unpaired) electrons. The van der Waals surface area contributed by atoms with Gasteiger partial charge >= 0.3 is 0 Å². The monoisotopic (exact) mass is 315 g/mol. The molecule has 0 spiro atoms. The molecule has 23 heavy (non-hydrogen) atoms. The third-order valence-electron chi connectivity index (χ3n) is 5.12. The number of benzene rings is 1. The molecule has 0 aromatic heterocycles. The molecular weight excluding hydrogens is 286 g/mol. The van der Waals surface area contributed by atoms with E-state index in [1.54, 1.807) is 0 Å². The summed E-state index contributed by atoms with van der Waals surface area (Å²) in [5, 5.41) is 3.63. The molecule has 1 saturated heterocycles. The number of ether oxygens (including phenoxy) is 1. The fourth-order valence-corrected chi connectivity index (χ4v) is 3.45. The van der Waals surface area contributed by atoms with E-state index in [9.17, 15) is 0 Å². The number of nitrogens with zero attached hydrogens (tertiary/aromatic N) is 2. The molecule has 1 heterocycles. The zero-order valence-electron chi connectivity index (χ0n) is 14.4. The molecule has 3 rings (SSSR count). The van der Waals surface area contributed by atoms with Gasteiger partial charge in [0.15, 0.2) is 5.96 Å². The minimum absolute atomic E-state index is 0.529. The van der Waals surface area contributed by atoms with Crippen LogP contribution in [0.5, 0.6) is 0 Å². The SMILES string of the molecule is CN=C(NC1CC1c1ccccc1)N(C)CCC1CCOCC1. The normalized spacial score (nSPS) is 25.2. The summed E-state index contributed by atoms with van der Waals surface area (Å²) in [6.07, 6.45) is 4.85. The molecule has 1 aliphatic carbocycles. The molecule has 1 N–H and O–H groups in total. The highest BCUT2D eigenvalue weighted by Crippen LogP contribution is 2.40. The summed E-state index contributed by atoms with van der Waals surface area (Å²) in [7, 11) is 4.03. The van der Waals surface area contributed by atoms with Gasteiger partial charge in [-0.1, -0.05) is 30.3 Å². The van der Waals surface area contributed by atoms with Crippen LogP contribution in [0.3, 0.4) is 0 Å². The molecule has 1 saturated carbocycles. The Balaban J connectivity index is 1.44. The number of rotatable bonds is 5. The molecule has 2 aliphatic rings. The van der Waals surface area contributed by atoms with E-state index in [4.69, 9.17) is 4.74 Å². The van der Waals surface area contributed by atoms with E-state index in [0.717, 1.165) is 31.6 Å². The van der Waals surface area contributed by atoms with Gasteiger partial charge < -0.3 is 15.0 Å². The number of hydrogen-bond acceptors (Lipinski definition) is 2. The van der Waals surface area contributed by atoms with Crippen LogP contribution in [0, 0.1) is 5.92 Å². The van der Waals surface area contributed by atoms with Crippen molar-refractivity contribution in [1.82, 2.24) is 10.2 Å². The van der Waals surface area contributed by atoms with Crippen LogP contribution in [0.25, 0.3) is 0 Å². The van der Waals surface area contributed by atoms with Crippen LogP contribution in [0.1, 0.15) is 37.2 Å². The standard InChI is InChI=1S/C19H29N3O/c1-20-19(22(2)11-8-15-9-12-23-13-10-15)21-18-14-17(18)16-6-4-3-5-7-16/h3-7,15,17-18H,8-14H2,1-2H3,(H,20,21). The Labute approximate surface area is 139 Å². The minimum Gasteiger partial charge on any atom is -0.381 e. The van der Waals surface area contributed by atoms with Gasteiger partial charge in [-0.25, -0.2) is 0 Å². The van der Waals surface area contributed by atoms with Crippen molar-refractivity contribution >= 4 is 5.96 Å². The van der Waals surface area contributed by atoms with Gasteiger partial charge in [-0.2, -0.15) is 0 Å². The van der Waals surface area contributed by atoms with Gasteiger partial charge in [0.1, 0.15) is 0 Å². The van der Waals surface area contributed by atoms with Crippen molar-refractivity contribution in [3.8, 4) is 0 Å². The highest BCUT2D eigenvalue weighted by molar-refractivity contribution is 5.80. The molecular formula is C19H29N3O. The summed E-state index contributed by atoms with van der Waals surface area (Å²) in [5.74, 6) is 2.47. The van der Waals surface area contributed by atoms with Crippen LogP contribution < -0.4 is 5.32 Å². The molecule has 4 heteroatoms. The topological polar surface area (TPSA) is 36.9 Å². The molecule has 4 nitrogen and oxygen atoms in total. The first-order chi connectivity index (χ1) is 11.3. The predicted octanol–water partition coefficient (Wildman–Crippen LogP) is 2.87. The van der Waals surface area contributed by atoms with Crippen molar-refractivity contribution in [3.63, 3.8) is 0 Å². The maximum atomic E-state index is 5.44. The van der Waals surface area contributed by atoms with E-state index in [1.165, 1.54) is 31.2 Å². The number of guanidine groups is 1. The molecule has 1 aromatic rings. The lowest BCUT2D eigenvalue weighted by Gasteiger charge is -2.27. The molecule has 126 valence electrons. The number of nitrogens with one attached hydrogen (secondary N) is 1. The Kier molecular flexibility index (Phi) is 5.55. The Morgan fingerprint density at radius 1 is 1.26 bits per heavy atom. The Bertz CT molecular complexity index is 511. The van der Waals surface area contributed by atoms with E-state index < -0.39 is 0 Å². The first-order valence-electron chi connectivity index (χ1n) is 8.85. The van der Waals surface area contributed by atoms with Crippen LogP contribution in [0.4, 0.5) is 0 Å². The van der Waals surface area contributed by atoms with Gasteiger partial charge in [0.05, 0.1) is 0 Å². The van der Waals surface area contributed by atoms with Gasteiger partial charge in [-0.3, -0.25) is 4.99 Å². The number of aliphatic imine (C=N–C) groups is 1. The van der Waals surface area contributed by atoms with Gasteiger partial charge in [0.25, 0.3) is 0 Å². The lowest BCUT2D eigenvalue weighted by atomic mass is 9.96. The predicted molar refractivity (Wildman–Crippen MR) is 94.9 cm³/mol. The second kappa shape index (κ2) is 7.82. The highest BCUT2D eigenvalue weighted by Gasteiger charge is 2.39. The van der Waals surface area contributed by atoms with E-state index in [-0.39, 0.29) is 0 Å². The maximum absolute atomic E-state index is 5.44. The van der Waals surface area contributed by atoms with Crippen molar-refractivity contribution in [3.05, 3.63) is 35.9 Å². The Morgan fingerprint density at radius 3 is 2.70 bits per heavy atom. The summed E-state index contributed by atoms with van der Waals surface area (Å²) >= 11 is 0. The molecule has 2 fully saturated rings. The fourth-order valence-electron chi connectivity index (χ4n) is 3.45. The van der Waals surface area contributed by atoms with E-state index in [2.05, 4.69) is 52.6 Å². The molecule has 1 aromatic carbocycles. The Morgan fingerprint density at radius 2 is 2.00 bits per heavy atom. The van der Waals surface area contributed by atoms with Crippen LogP contribution in [-0.2, 0) is 4.74 Å². The summed E-state index contributed by atoms with van der Waals surface area (Å²) in [4.78, 5) is 6.74. The first-order valence-corrected chi connectivity index (χ1v) is 8.85. The number of hydrogen-bond donors (Lipinski definition) is 1. The molecule has 0 bridgehead atoms. The van der Waals surface area contributed by atoms with Crippen LogP contribution >= 0.6 is 0 Å². The van der Waals surface area contributed by atoms with Crippen LogP contribution in [0.2, 0.25) is 0 Å². The summed E-state index contributed by atoms with van der Waals surface area (Å²) in [6.45, 7) is 2.93. The van der Waals surface area contributed by atoms with Gasteiger partial charge in [-0.15, -0.1) is 0 Å². The zero-order chi connectivity index (χ0) is 16.1. The van der Waals surface area contributed by atoms with Crippen molar-refractivity contribution in [1.29, 1.82) is 0 Å². The molecule has 2 unspecified atom stereocenters. The largest absolute Gasteiger partial charge is 0.381 e. The summed E-state index contributed by atoms with van der Waals surface area (Å²) < 4.78 is 5.44. The lowest BCUT2D eigenvalue weighted by molar-refractivity contribution is 0.0625. The third-order valence-corrected chi connectivity index (χ3v) is 5.12. The van der Waals surface area contributed by atoms with Gasteiger partial charge in [0.2, 0.25) is 0 Å². The van der Waals surface area contributed by atoms with Crippen molar-refractivity contribution in [2.45, 2.75) is 37.6 Å². The second-order valence-electron chi connectivity index (χ2n) is 6.82. The van der Waals surface area contributed by atoms with E-state index in [1.807, 2.05) is 7.05 Å². The van der Waals surface area contributed by atoms with Gasteiger partial charge in [-0.05, 0) is 37.2 Å². The van der Waals surface area contributed by atoms with Crippen LogP contribution in [0.15, 0.2) is 35.3 Å². The molecule has 1 aliphatic heterocycles.